The number of thiophene rings is 1. The quantitative estimate of drug-likeness (QED) is 0.485. The van der Waals surface area contributed by atoms with Crippen LogP contribution in [0.3, 0.4) is 0 Å². The number of carbonyl (C=O) groups excluding carboxylic acids is 1. The van der Waals surface area contributed by atoms with Gasteiger partial charge in [-0.3, -0.25) is 14.7 Å². The lowest BCUT2D eigenvalue weighted by Gasteiger charge is -2.13. The number of rotatable bonds is 10. The zero-order chi connectivity index (χ0) is 19.6. The zero-order valence-corrected chi connectivity index (χ0v) is 16.2. The number of anilines is 1. The third kappa shape index (κ3) is 6.53. The zero-order valence-electron chi connectivity index (χ0n) is 15.4. The van der Waals surface area contributed by atoms with Crippen molar-refractivity contribution in [2.24, 2.45) is 0 Å². The maximum atomic E-state index is 12.1. The fourth-order valence-corrected chi connectivity index (χ4v) is 3.73. The number of carboxylic acids is 1. The van der Waals surface area contributed by atoms with Crippen molar-refractivity contribution in [3.8, 4) is 0 Å². The van der Waals surface area contributed by atoms with Gasteiger partial charge < -0.3 is 9.84 Å². The van der Waals surface area contributed by atoms with Crippen LogP contribution in [0.15, 0.2) is 43.1 Å². The Kier molecular flexibility index (Phi) is 8.00. The van der Waals surface area contributed by atoms with E-state index in [-0.39, 0.29) is 13.0 Å². The summed E-state index contributed by atoms with van der Waals surface area (Å²) in [5.41, 5.74) is 2.05. The van der Waals surface area contributed by atoms with Gasteiger partial charge in [0.15, 0.2) is 0 Å². The van der Waals surface area contributed by atoms with Crippen LogP contribution >= 0.6 is 11.3 Å². The van der Waals surface area contributed by atoms with Crippen LogP contribution in [-0.4, -0.2) is 35.8 Å². The first-order valence-electron chi connectivity index (χ1n) is 8.76. The molecule has 144 valence electrons. The van der Waals surface area contributed by atoms with Crippen molar-refractivity contribution >= 4 is 28.4 Å². The number of carboxylic acid groups (broad SMARTS) is 1. The van der Waals surface area contributed by atoms with E-state index in [1.165, 1.54) is 22.3 Å². The van der Waals surface area contributed by atoms with E-state index in [0.717, 1.165) is 34.0 Å². The molecule has 0 atom stereocenters. The first-order chi connectivity index (χ1) is 13.0. The summed E-state index contributed by atoms with van der Waals surface area (Å²) in [4.78, 5) is 29.8. The summed E-state index contributed by atoms with van der Waals surface area (Å²) in [7, 11) is 1.68. The summed E-state index contributed by atoms with van der Waals surface area (Å²) in [6, 6.07) is 7.77. The fourth-order valence-electron chi connectivity index (χ4n) is 2.55. The van der Waals surface area contributed by atoms with Gasteiger partial charge in [-0.25, -0.2) is 4.79 Å². The Morgan fingerprint density at radius 1 is 1.37 bits per heavy atom. The molecular formula is C20H24N2O4S. The molecule has 2 aromatic rings. The number of aliphatic carboxylic acids is 1. The first kappa shape index (κ1) is 20.6. The Labute approximate surface area is 163 Å². The molecule has 0 saturated carbocycles. The summed E-state index contributed by atoms with van der Waals surface area (Å²) in [5.74, 6) is -0.778. The monoisotopic (exact) mass is 388 g/mol. The van der Waals surface area contributed by atoms with Crippen molar-refractivity contribution in [3.63, 3.8) is 0 Å². The largest absolute Gasteiger partial charge is 0.481 e. The minimum Gasteiger partial charge on any atom is -0.481 e. The van der Waals surface area contributed by atoms with E-state index < -0.39 is 12.1 Å². The number of hydrogen-bond acceptors (Lipinski definition) is 5. The molecule has 2 aromatic heterocycles. The molecule has 0 bridgehead atoms. The highest BCUT2D eigenvalue weighted by atomic mass is 32.1. The molecule has 0 fully saturated rings. The smallest absolute Gasteiger partial charge is 0.414 e. The van der Waals surface area contributed by atoms with E-state index in [2.05, 4.69) is 11.6 Å². The minimum atomic E-state index is -0.778. The average molecular weight is 388 g/mol. The molecule has 1 amide bonds. The molecule has 0 radical (unpaired) electrons. The lowest BCUT2D eigenvalue weighted by molar-refractivity contribution is -0.137. The van der Waals surface area contributed by atoms with Crippen LogP contribution in [0.2, 0.25) is 0 Å². The summed E-state index contributed by atoms with van der Waals surface area (Å²) >= 11 is 1.53. The number of ether oxygens (including phenoxy) is 1. The second kappa shape index (κ2) is 10.5. The number of aromatic nitrogens is 1. The molecule has 0 unspecified atom stereocenters. The van der Waals surface area contributed by atoms with Crippen molar-refractivity contribution < 1.29 is 19.4 Å². The summed E-state index contributed by atoms with van der Waals surface area (Å²) < 4.78 is 5.10. The lowest BCUT2D eigenvalue weighted by atomic mass is 10.1. The highest BCUT2D eigenvalue weighted by Gasteiger charge is 2.18. The molecule has 6 nitrogen and oxygen atoms in total. The summed E-state index contributed by atoms with van der Waals surface area (Å²) in [6.07, 6.45) is 5.87. The highest BCUT2D eigenvalue weighted by Crippen LogP contribution is 2.32. The van der Waals surface area contributed by atoms with Crippen LogP contribution in [0, 0.1) is 0 Å². The van der Waals surface area contributed by atoms with Crippen LogP contribution in [0.1, 0.15) is 35.4 Å². The molecule has 27 heavy (non-hydrogen) atoms. The van der Waals surface area contributed by atoms with Gasteiger partial charge in [0.1, 0.15) is 11.6 Å². The van der Waals surface area contributed by atoms with Crippen LogP contribution in [0.5, 0.6) is 0 Å². The van der Waals surface area contributed by atoms with Crippen LogP contribution < -0.4 is 4.90 Å². The van der Waals surface area contributed by atoms with Gasteiger partial charge in [-0.05, 0) is 43.0 Å². The Morgan fingerprint density at radius 3 is 2.85 bits per heavy atom. The number of amides is 1. The normalized spacial score (nSPS) is 10.4. The fraction of sp³-hybridized carbons (Fsp3) is 0.350. The highest BCUT2D eigenvalue weighted by molar-refractivity contribution is 7.16. The van der Waals surface area contributed by atoms with Gasteiger partial charge >= 0.3 is 12.1 Å². The van der Waals surface area contributed by atoms with Crippen molar-refractivity contribution in [2.75, 3.05) is 18.6 Å². The van der Waals surface area contributed by atoms with E-state index >= 15 is 0 Å². The maximum Gasteiger partial charge on any atom is 0.414 e. The van der Waals surface area contributed by atoms with Gasteiger partial charge in [0.25, 0.3) is 0 Å². The second-order valence-corrected chi connectivity index (χ2v) is 7.17. The van der Waals surface area contributed by atoms with Gasteiger partial charge in [-0.1, -0.05) is 18.7 Å². The van der Waals surface area contributed by atoms with Crippen LogP contribution in [0.4, 0.5) is 9.80 Å². The Balaban J connectivity index is 2.15. The predicted molar refractivity (Wildman–Crippen MR) is 107 cm³/mol. The van der Waals surface area contributed by atoms with E-state index in [1.807, 2.05) is 24.3 Å². The van der Waals surface area contributed by atoms with Crippen LogP contribution in [-0.2, 0) is 22.4 Å². The number of hydrogen-bond donors (Lipinski definition) is 1. The number of unbranched alkanes of at least 4 members (excludes halogenated alkanes) is 1. The van der Waals surface area contributed by atoms with Crippen molar-refractivity contribution in [1.82, 2.24) is 4.98 Å². The van der Waals surface area contributed by atoms with Gasteiger partial charge in [0, 0.05) is 36.7 Å². The number of nitrogens with zero attached hydrogens (tertiary/aromatic N) is 2. The number of pyridine rings is 1. The standard InChI is InChI=1S/C20H24N2O4S/c1-3-12-26-20(25)22(2)18-14-15(13-16-8-6-7-11-21-16)17(27-18)9-4-5-10-19(23)24/h3,6-8,11,14H,1,4-5,9-10,12-13H2,2H3,(H,23,24). The average Bonchev–Trinajstić information content (AvgIpc) is 3.06. The molecule has 7 heteroatoms. The van der Waals surface area contributed by atoms with Gasteiger partial charge in [-0.2, -0.15) is 0 Å². The molecule has 0 aliphatic carbocycles. The molecule has 2 rings (SSSR count). The molecule has 0 aliphatic heterocycles. The van der Waals surface area contributed by atoms with Gasteiger partial charge in [-0.15, -0.1) is 11.3 Å². The lowest BCUT2D eigenvalue weighted by Crippen LogP contribution is -2.26. The third-order valence-electron chi connectivity index (χ3n) is 3.95. The van der Waals surface area contributed by atoms with Gasteiger partial charge in [0.2, 0.25) is 0 Å². The van der Waals surface area contributed by atoms with Gasteiger partial charge in [0.05, 0.1) is 0 Å². The van der Waals surface area contributed by atoms with E-state index in [9.17, 15) is 9.59 Å². The maximum absolute atomic E-state index is 12.1. The SMILES string of the molecule is C=CCOC(=O)N(C)c1cc(Cc2ccccn2)c(CCCCC(=O)O)s1. The number of carbonyl (C=O) groups is 2. The number of aryl methyl sites for hydroxylation is 1. The van der Waals surface area contributed by atoms with E-state index in [1.54, 1.807) is 13.2 Å². The van der Waals surface area contributed by atoms with Crippen LogP contribution in [0.25, 0.3) is 0 Å². The van der Waals surface area contributed by atoms with Crippen molar-refractivity contribution in [2.45, 2.75) is 32.1 Å². The molecular weight excluding hydrogens is 364 g/mol. The molecule has 0 spiro atoms. The summed E-state index contributed by atoms with van der Waals surface area (Å²) in [5, 5.41) is 9.59. The Morgan fingerprint density at radius 2 is 2.19 bits per heavy atom. The van der Waals surface area contributed by atoms with E-state index in [0.29, 0.717) is 12.8 Å². The predicted octanol–water partition coefficient (Wildman–Crippen LogP) is 4.29. The first-order valence-corrected chi connectivity index (χ1v) is 9.57. The Bertz CT molecular complexity index is 774. The minimum absolute atomic E-state index is 0.164. The van der Waals surface area contributed by atoms with Crippen molar-refractivity contribution in [1.29, 1.82) is 0 Å². The molecule has 0 aliphatic rings. The second-order valence-electron chi connectivity index (χ2n) is 6.06. The Hall–Kier alpha value is -2.67. The molecule has 0 aromatic carbocycles. The molecule has 1 N–H and O–H groups in total. The van der Waals surface area contributed by atoms with Crippen molar-refractivity contribution in [3.05, 3.63) is 59.3 Å². The topological polar surface area (TPSA) is 79.7 Å². The third-order valence-corrected chi connectivity index (χ3v) is 5.27. The molecule has 0 saturated heterocycles. The summed E-state index contributed by atoms with van der Waals surface area (Å²) in [6.45, 7) is 3.71. The molecule has 2 heterocycles. The van der Waals surface area contributed by atoms with E-state index in [4.69, 9.17) is 9.84 Å².